The fraction of sp³-hybridized carbons (Fsp3) is 0.0690. The predicted octanol–water partition coefficient (Wildman–Crippen LogP) is 15.4. The van der Waals surface area contributed by atoms with E-state index < -0.39 is 5.41 Å². The van der Waals surface area contributed by atoms with Gasteiger partial charge < -0.3 is 9.32 Å². The lowest BCUT2D eigenvalue weighted by Gasteiger charge is -2.47. The van der Waals surface area contributed by atoms with Crippen molar-refractivity contribution in [3.8, 4) is 33.4 Å². The van der Waals surface area contributed by atoms with Crippen LogP contribution in [0.1, 0.15) is 47.2 Å². The zero-order valence-corrected chi connectivity index (χ0v) is 33.6. The van der Waals surface area contributed by atoms with Gasteiger partial charge in [0.05, 0.1) is 11.1 Å². The number of furan rings is 1. The van der Waals surface area contributed by atoms with Crippen LogP contribution in [-0.4, -0.2) is 0 Å². The molecule has 0 saturated carbocycles. The van der Waals surface area contributed by atoms with Crippen LogP contribution >= 0.6 is 0 Å². The fourth-order valence-electron chi connectivity index (χ4n) is 10.6. The average Bonchev–Trinajstić information content (AvgIpc) is 3.83. The van der Waals surface area contributed by atoms with Crippen molar-refractivity contribution in [2.45, 2.75) is 24.7 Å². The van der Waals surface area contributed by atoms with Crippen LogP contribution in [0, 0.1) is 0 Å². The molecule has 60 heavy (non-hydrogen) atoms. The van der Waals surface area contributed by atoms with E-state index >= 15 is 0 Å². The summed E-state index contributed by atoms with van der Waals surface area (Å²) in [7, 11) is 0. The second kappa shape index (κ2) is 13.0. The molecule has 0 N–H and O–H groups in total. The van der Waals surface area contributed by atoms with Crippen LogP contribution in [0.15, 0.2) is 217 Å². The van der Waals surface area contributed by atoms with Crippen molar-refractivity contribution in [2.75, 3.05) is 4.90 Å². The Morgan fingerprint density at radius 1 is 0.350 bits per heavy atom. The summed E-state index contributed by atoms with van der Waals surface area (Å²) < 4.78 is 6.14. The molecule has 2 nitrogen and oxygen atoms in total. The summed E-state index contributed by atoms with van der Waals surface area (Å²) in [5.74, 6) is 0. The van der Waals surface area contributed by atoms with Crippen LogP contribution in [0.2, 0.25) is 0 Å². The van der Waals surface area contributed by atoms with Gasteiger partial charge >= 0.3 is 0 Å². The maximum absolute atomic E-state index is 6.14. The van der Waals surface area contributed by atoms with E-state index in [-0.39, 0.29) is 5.41 Å². The zero-order valence-electron chi connectivity index (χ0n) is 33.6. The highest BCUT2D eigenvalue weighted by Gasteiger charge is 2.53. The van der Waals surface area contributed by atoms with Gasteiger partial charge in [0.1, 0.15) is 11.2 Å². The Balaban J connectivity index is 1.01. The Bertz CT molecular complexity index is 3250. The van der Waals surface area contributed by atoms with Gasteiger partial charge in [0.2, 0.25) is 0 Å². The predicted molar refractivity (Wildman–Crippen MR) is 249 cm³/mol. The lowest BCUT2D eigenvalue weighted by Crippen LogP contribution is -2.40. The van der Waals surface area contributed by atoms with Crippen molar-refractivity contribution >= 4 is 39.0 Å². The summed E-state index contributed by atoms with van der Waals surface area (Å²) in [5, 5.41) is 2.27. The topological polar surface area (TPSA) is 16.4 Å². The molecule has 9 aromatic carbocycles. The summed E-state index contributed by atoms with van der Waals surface area (Å²) in [6, 6.07) is 78.0. The van der Waals surface area contributed by atoms with Gasteiger partial charge in [0.15, 0.2) is 0 Å². The fourth-order valence-corrected chi connectivity index (χ4v) is 10.6. The van der Waals surface area contributed by atoms with Crippen molar-refractivity contribution in [3.63, 3.8) is 0 Å². The van der Waals surface area contributed by atoms with Gasteiger partial charge in [-0.25, -0.2) is 0 Å². The van der Waals surface area contributed by atoms with E-state index in [4.69, 9.17) is 4.42 Å². The molecule has 0 unspecified atom stereocenters. The Morgan fingerprint density at radius 2 is 0.883 bits per heavy atom. The second-order valence-electron chi connectivity index (χ2n) is 16.8. The monoisotopic (exact) mass is 767 g/mol. The van der Waals surface area contributed by atoms with Crippen molar-refractivity contribution in [2.24, 2.45) is 0 Å². The molecular weight excluding hydrogens is 727 g/mol. The van der Waals surface area contributed by atoms with E-state index in [9.17, 15) is 0 Å². The zero-order chi connectivity index (χ0) is 40.0. The van der Waals surface area contributed by atoms with E-state index in [0.29, 0.717) is 0 Å². The number of benzene rings is 9. The number of rotatable bonds is 5. The molecule has 284 valence electrons. The minimum Gasteiger partial charge on any atom is -0.456 e. The maximum atomic E-state index is 6.14. The summed E-state index contributed by atoms with van der Waals surface area (Å²) >= 11 is 0. The highest BCUT2D eigenvalue weighted by molar-refractivity contribution is 6.06. The lowest BCUT2D eigenvalue weighted by atomic mass is 9.55. The summed E-state index contributed by atoms with van der Waals surface area (Å²) in [6.45, 7) is 4.81. The number of nitrogens with zero attached hydrogens (tertiary/aromatic N) is 1. The molecule has 12 rings (SSSR count). The molecule has 1 aromatic heterocycles. The molecule has 2 aliphatic rings. The van der Waals surface area contributed by atoms with Gasteiger partial charge in [-0.2, -0.15) is 0 Å². The molecule has 0 fully saturated rings. The lowest BCUT2D eigenvalue weighted by molar-refractivity contribution is 0.563. The molecular formula is C58H41NO. The smallest absolute Gasteiger partial charge is 0.135 e. The van der Waals surface area contributed by atoms with Crippen LogP contribution in [0.3, 0.4) is 0 Å². The van der Waals surface area contributed by atoms with E-state index in [2.05, 4.69) is 219 Å². The molecule has 0 radical (unpaired) electrons. The normalized spacial score (nSPS) is 14.1. The highest BCUT2D eigenvalue weighted by Crippen LogP contribution is 2.62. The van der Waals surface area contributed by atoms with Crippen LogP contribution in [0.5, 0.6) is 0 Å². The first-order valence-corrected chi connectivity index (χ1v) is 20.9. The highest BCUT2D eigenvalue weighted by atomic mass is 16.3. The van der Waals surface area contributed by atoms with E-state index in [1.807, 2.05) is 12.1 Å². The van der Waals surface area contributed by atoms with Crippen molar-refractivity contribution in [1.29, 1.82) is 0 Å². The van der Waals surface area contributed by atoms with Crippen molar-refractivity contribution in [3.05, 3.63) is 246 Å². The standard InChI is InChI=1S/C58H41NO/c1-57(2)50-24-12-13-25-51(50)58(48-22-10-6-19-44(48)45-20-7-11-23-49(45)58)52-34-30-40(37-53(52)57)43-18-8-14-26-54(43)59(41-16-4-3-5-17-41)42-32-28-38(29-33-42)39-31-35-56-47(36-39)46-21-9-15-27-55(46)60-56/h3-37H,1-2H3. The number of hydrogen-bond acceptors (Lipinski definition) is 2. The average molecular weight is 768 g/mol. The SMILES string of the molecule is CC1(C)c2ccccc2C2(c3ccccc3-c3ccccc32)c2ccc(-c3ccccc3N(c3ccccc3)c3ccc(-c4ccc5oc6ccccc6c5c4)cc3)cc21. The van der Waals surface area contributed by atoms with Crippen molar-refractivity contribution in [1.82, 2.24) is 0 Å². The minimum absolute atomic E-state index is 0.241. The van der Waals surface area contributed by atoms with Crippen LogP contribution < -0.4 is 4.90 Å². The van der Waals surface area contributed by atoms with Crippen molar-refractivity contribution < 1.29 is 4.42 Å². The first-order chi connectivity index (χ1) is 29.5. The third-order valence-electron chi connectivity index (χ3n) is 13.4. The molecule has 0 saturated heterocycles. The Hall–Kier alpha value is -7.42. The summed E-state index contributed by atoms with van der Waals surface area (Å²) in [6.07, 6.45) is 0. The van der Waals surface area contributed by atoms with Crippen LogP contribution in [-0.2, 0) is 10.8 Å². The Morgan fingerprint density at radius 3 is 1.63 bits per heavy atom. The van der Waals surface area contributed by atoms with Gasteiger partial charge in [-0.1, -0.05) is 172 Å². The molecule has 1 heterocycles. The van der Waals surface area contributed by atoms with E-state index in [1.54, 1.807) is 0 Å². The summed E-state index contributed by atoms with van der Waals surface area (Å²) in [5.41, 5.74) is 20.0. The van der Waals surface area contributed by atoms with Gasteiger partial charge in [0.25, 0.3) is 0 Å². The third kappa shape index (κ3) is 4.88. The van der Waals surface area contributed by atoms with E-state index in [0.717, 1.165) is 50.1 Å². The maximum Gasteiger partial charge on any atom is 0.135 e. The molecule has 0 amide bonds. The number of anilines is 3. The Labute approximate surface area is 350 Å². The van der Waals surface area contributed by atoms with E-state index in [1.165, 1.54) is 55.6 Å². The second-order valence-corrected chi connectivity index (χ2v) is 16.8. The number of para-hydroxylation sites is 3. The van der Waals surface area contributed by atoms with Gasteiger partial charge in [-0.15, -0.1) is 0 Å². The quantitative estimate of drug-likeness (QED) is 0.173. The van der Waals surface area contributed by atoms with Gasteiger partial charge in [0, 0.05) is 33.1 Å². The molecule has 1 spiro atoms. The Kier molecular flexibility index (Phi) is 7.52. The molecule has 2 aliphatic carbocycles. The number of hydrogen-bond donors (Lipinski definition) is 0. The first kappa shape index (κ1) is 34.6. The van der Waals surface area contributed by atoms with Crippen LogP contribution in [0.25, 0.3) is 55.3 Å². The van der Waals surface area contributed by atoms with Crippen LogP contribution in [0.4, 0.5) is 17.1 Å². The van der Waals surface area contributed by atoms with Gasteiger partial charge in [-0.3, -0.25) is 0 Å². The molecule has 10 aromatic rings. The molecule has 0 aliphatic heterocycles. The number of fused-ring (bicyclic) bond motifs is 12. The largest absolute Gasteiger partial charge is 0.456 e. The third-order valence-corrected chi connectivity index (χ3v) is 13.4. The first-order valence-electron chi connectivity index (χ1n) is 20.9. The minimum atomic E-state index is -0.417. The molecule has 0 bridgehead atoms. The molecule has 0 atom stereocenters. The summed E-state index contributed by atoms with van der Waals surface area (Å²) in [4.78, 5) is 2.40. The van der Waals surface area contributed by atoms with Gasteiger partial charge in [-0.05, 0) is 116 Å². The molecule has 2 heteroatoms.